The quantitative estimate of drug-likeness (QED) is 0.733. The van der Waals surface area contributed by atoms with Crippen molar-refractivity contribution >= 4 is 44.4 Å². The van der Waals surface area contributed by atoms with Gasteiger partial charge in [-0.1, -0.05) is 23.5 Å². The second-order valence-corrected chi connectivity index (χ2v) is 6.45. The molecule has 1 N–H and O–H groups in total. The van der Waals surface area contributed by atoms with E-state index in [9.17, 15) is 18.8 Å². The molecule has 2 aromatic carbocycles. The van der Waals surface area contributed by atoms with E-state index in [4.69, 9.17) is 0 Å². The molecule has 3 aromatic rings. The Morgan fingerprint density at radius 3 is 2.48 bits per heavy atom. The van der Waals surface area contributed by atoms with Gasteiger partial charge >= 0.3 is 0 Å². The van der Waals surface area contributed by atoms with E-state index in [-0.39, 0.29) is 22.1 Å². The lowest BCUT2D eigenvalue weighted by Crippen LogP contribution is -2.37. The summed E-state index contributed by atoms with van der Waals surface area (Å²) >= 11 is 1.12. The summed E-state index contributed by atoms with van der Waals surface area (Å²) < 4.78 is 13.8. The zero-order chi connectivity index (χ0) is 17.6. The molecule has 0 fully saturated rings. The third kappa shape index (κ3) is 2.66. The highest BCUT2D eigenvalue weighted by atomic mass is 32.1. The Labute approximate surface area is 144 Å². The van der Waals surface area contributed by atoms with Crippen LogP contribution in [0.5, 0.6) is 0 Å². The van der Waals surface area contributed by atoms with Crippen LogP contribution in [0.1, 0.15) is 20.7 Å². The first-order valence-corrected chi connectivity index (χ1v) is 8.16. The molecule has 0 atom stereocenters. The van der Waals surface area contributed by atoms with Gasteiger partial charge in [-0.15, -0.1) is 0 Å². The van der Waals surface area contributed by atoms with Crippen molar-refractivity contribution < 1.29 is 18.8 Å². The molecule has 2 heterocycles. The zero-order valence-corrected chi connectivity index (χ0v) is 13.5. The maximum Gasteiger partial charge on any atom is 0.262 e. The third-order valence-electron chi connectivity index (χ3n) is 3.78. The number of benzene rings is 2. The number of aromatic nitrogens is 1. The number of anilines is 1. The molecule has 1 aromatic heterocycles. The Balaban J connectivity index is 1.51. The predicted octanol–water partition coefficient (Wildman–Crippen LogP) is 2.67. The van der Waals surface area contributed by atoms with Gasteiger partial charge in [-0.3, -0.25) is 19.3 Å². The number of amides is 3. The number of halogens is 1. The number of thiazole rings is 1. The normalized spacial score (nSPS) is 13.4. The van der Waals surface area contributed by atoms with E-state index in [0.717, 1.165) is 16.2 Å². The summed E-state index contributed by atoms with van der Waals surface area (Å²) in [6.45, 7) is -0.406. The summed E-state index contributed by atoms with van der Waals surface area (Å²) in [4.78, 5) is 41.8. The Kier molecular flexibility index (Phi) is 3.54. The summed E-state index contributed by atoms with van der Waals surface area (Å²) in [5, 5.41) is 2.83. The molecule has 4 rings (SSSR count). The number of carbonyl (C=O) groups is 3. The van der Waals surface area contributed by atoms with Gasteiger partial charge < -0.3 is 5.32 Å². The summed E-state index contributed by atoms with van der Waals surface area (Å²) in [5.74, 6) is -1.93. The molecular weight excluding hydrogens is 345 g/mol. The molecule has 1 aliphatic heterocycles. The van der Waals surface area contributed by atoms with Crippen molar-refractivity contribution in [2.24, 2.45) is 0 Å². The molecule has 0 radical (unpaired) electrons. The third-order valence-corrected chi connectivity index (χ3v) is 4.71. The second-order valence-electron chi connectivity index (χ2n) is 5.42. The monoisotopic (exact) mass is 355 g/mol. The summed E-state index contributed by atoms with van der Waals surface area (Å²) in [6.07, 6.45) is 0. The Morgan fingerprint density at radius 2 is 1.80 bits per heavy atom. The van der Waals surface area contributed by atoms with Gasteiger partial charge in [-0.2, -0.15) is 0 Å². The van der Waals surface area contributed by atoms with Crippen molar-refractivity contribution in [3.8, 4) is 0 Å². The fourth-order valence-electron chi connectivity index (χ4n) is 2.64. The Morgan fingerprint density at radius 1 is 1.12 bits per heavy atom. The summed E-state index contributed by atoms with van der Waals surface area (Å²) in [6, 6.07) is 10.5. The van der Waals surface area contributed by atoms with E-state index in [1.54, 1.807) is 24.3 Å². The average Bonchev–Trinajstić information content (AvgIpc) is 3.09. The molecule has 0 spiro atoms. The van der Waals surface area contributed by atoms with Gasteiger partial charge in [0.1, 0.15) is 12.4 Å². The first kappa shape index (κ1) is 15.4. The van der Waals surface area contributed by atoms with E-state index in [1.807, 2.05) is 0 Å². The number of fused-ring (bicyclic) bond motifs is 2. The molecule has 0 saturated carbocycles. The molecule has 124 valence electrons. The molecule has 0 bridgehead atoms. The van der Waals surface area contributed by atoms with Crippen molar-refractivity contribution in [2.45, 2.75) is 0 Å². The van der Waals surface area contributed by atoms with Crippen molar-refractivity contribution in [2.75, 3.05) is 11.9 Å². The predicted molar refractivity (Wildman–Crippen MR) is 90.0 cm³/mol. The van der Waals surface area contributed by atoms with Crippen LogP contribution in [0.3, 0.4) is 0 Å². The standard InChI is InChI=1S/C17H10FN3O3S/c18-9-5-6-12-13(7-9)25-17(19-12)20-14(22)8-21-15(23)10-3-1-2-4-11(10)16(21)24/h1-7H,8H2,(H,19,20,22). The minimum atomic E-state index is -0.547. The second kappa shape index (κ2) is 5.75. The van der Waals surface area contributed by atoms with Gasteiger partial charge in [0.2, 0.25) is 5.91 Å². The van der Waals surface area contributed by atoms with Crippen LogP contribution in [0.4, 0.5) is 9.52 Å². The number of nitrogens with zero attached hydrogens (tertiary/aromatic N) is 2. The van der Waals surface area contributed by atoms with Crippen molar-refractivity contribution in [1.82, 2.24) is 9.88 Å². The molecule has 8 heteroatoms. The molecule has 1 aliphatic rings. The van der Waals surface area contributed by atoms with Crippen LogP contribution < -0.4 is 5.32 Å². The SMILES string of the molecule is O=C(CN1C(=O)c2ccccc2C1=O)Nc1nc2ccc(F)cc2s1. The van der Waals surface area contributed by atoms with Gasteiger partial charge in [0.05, 0.1) is 21.3 Å². The van der Waals surface area contributed by atoms with Crippen LogP contribution in [-0.4, -0.2) is 34.2 Å². The van der Waals surface area contributed by atoms with E-state index in [1.165, 1.54) is 18.2 Å². The highest BCUT2D eigenvalue weighted by Crippen LogP contribution is 2.27. The van der Waals surface area contributed by atoms with Crippen molar-refractivity contribution in [1.29, 1.82) is 0 Å². The minimum Gasteiger partial charge on any atom is -0.300 e. The number of carbonyl (C=O) groups excluding carboxylic acids is 3. The van der Waals surface area contributed by atoms with Gasteiger partial charge in [-0.05, 0) is 30.3 Å². The maximum absolute atomic E-state index is 13.2. The number of hydrogen-bond donors (Lipinski definition) is 1. The number of imide groups is 1. The molecule has 6 nitrogen and oxygen atoms in total. The number of nitrogens with one attached hydrogen (secondary N) is 1. The molecule has 3 amide bonds. The highest BCUT2D eigenvalue weighted by molar-refractivity contribution is 7.22. The largest absolute Gasteiger partial charge is 0.300 e. The highest BCUT2D eigenvalue weighted by Gasteiger charge is 2.36. The van der Waals surface area contributed by atoms with Crippen LogP contribution in [0.15, 0.2) is 42.5 Å². The Bertz CT molecular complexity index is 1010. The topological polar surface area (TPSA) is 79.4 Å². The average molecular weight is 355 g/mol. The number of rotatable bonds is 3. The maximum atomic E-state index is 13.2. The first-order valence-electron chi connectivity index (χ1n) is 7.34. The number of hydrogen-bond acceptors (Lipinski definition) is 5. The van der Waals surface area contributed by atoms with E-state index >= 15 is 0 Å². The van der Waals surface area contributed by atoms with Gasteiger partial charge in [0.15, 0.2) is 5.13 Å². The van der Waals surface area contributed by atoms with Crippen molar-refractivity contribution in [3.05, 3.63) is 59.4 Å². The van der Waals surface area contributed by atoms with E-state index in [2.05, 4.69) is 10.3 Å². The smallest absolute Gasteiger partial charge is 0.262 e. The molecule has 0 unspecified atom stereocenters. The summed E-state index contributed by atoms with van der Waals surface area (Å²) in [5.41, 5.74) is 1.13. The lowest BCUT2D eigenvalue weighted by Gasteiger charge is -2.12. The van der Waals surface area contributed by atoms with E-state index < -0.39 is 24.3 Å². The zero-order valence-electron chi connectivity index (χ0n) is 12.7. The minimum absolute atomic E-state index is 0.280. The summed E-state index contributed by atoms with van der Waals surface area (Å²) in [7, 11) is 0. The van der Waals surface area contributed by atoms with Crippen LogP contribution in [0.2, 0.25) is 0 Å². The molecule has 0 aliphatic carbocycles. The Hall–Kier alpha value is -3.13. The van der Waals surface area contributed by atoms with Gasteiger partial charge in [-0.25, -0.2) is 9.37 Å². The van der Waals surface area contributed by atoms with Crippen LogP contribution in [-0.2, 0) is 4.79 Å². The fraction of sp³-hybridized carbons (Fsp3) is 0.0588. The van der Waals surface area contributed by atoms with Crippen molar-refractivity contribution in [3.63, 3.8) is 0 Å². The molecule has 0 saturated heterocycles. The lowest BCUT2D eigenvalue weighted by atomic mass is 10.1. The van der Waals surface area contributed by atoms with Gasteiger partial charge in [0, 0.05) is 0 Å². The van der Waals surface area contributed by atoms with Crippen LogP contribution in [0.25, 0.3) is 10.2 Å². The fourth-order valence-corrected chi connectivity index (χ4v) is 3.54. The molecular formula is C17H10FN3O3S. The van der Waals surface area contributed by atoms with Crippen LogP contribution in [0, 0.1) is 5.82 Å². The van der Waals surface area contributed by atoms with E-state index in [0.29, 0.717) is 10.2 Å². The molecule has 25 heavy (non-hydrogen) atoms. The lowest BCUT2D eigenvalue weighted by molar-refractivity contribution is -0.116. The van der Waals surface area contributed by atoms with Gasteiger partial charge in [0.25, 0.3) is 11.8 Å². The van der Waals surface area contributed by atoms with Crippen LogP contribution >= 0.6 is 11.3 Å². The first-order chi connectivity index (χ1) is 12.0.